The quantitative estimate of drug-likeness (QED) is 0.450. The van der Waals surface area contributed by atoms with E-state index in [1.54, 1.807) is 12.1 Å². The number of non-ortho nitro benzene ring substituents is 1. The molecule has 3 rings (SSSR count). The van der Waals surface area contributed by atoms with E-state index in [9.17, 15) is 10.1 Å². The molecular formula is C15H12N2O2S. The van der Waals surface area contributed by atoms with E-state index in [4.69, 9.17) is 0 Å². The van der Waals surface area contributed by atoms with Crippen LogP contribution in [0.1, 0.15) is 5.56 Å². The molecule has 0 unspecified atom stereocenters. The second kappa shape index (κ2) is 5.02. The third-order valence-corrected chi connectivity index (χ3v) is 3.63. The molecule has 0 aliphatic rings. The molecule has 2 aromatic carbocycles. The summed E-state index contributed by atoms with van der Waals surface area (Å²) in [7, 11) is 0. The van der Waals surface area contributed by atoms with Crippen LogP contribution in [0.4, 0.5) is 5.69 Å². The zero-order valence-electron chi connectivity index (χ0n) is 10.6. The fourth-order valence-electron chi connectivity index (χ4n) is 2.29. The Morgan fingerprint density at radius 3 is 2.55 bits per heavy atom. The van der Waals surface area contributed by atoms with Crippen molar-refractivity contribution in [1.29, 1.82) is 0 Å². The number of benzene rings is 2. The van der Waals surface area contributed by atoms with Crippen molar-refractivity contribution in [2.24, 2.45) is 0 Å². The normalized spacial score (nSPS) is 10.8. The molecule has 0 fully saturated rings. The summed E-state index contributed by atoms with van der Waals surface area (Å²) in [5.41, 5.74) is 2.21. The average molecular weight is 284 g/mol. The molecule has 0 amide bonds. The van der Waals surface area contributed by atoms with E-state index in [0.29, 0.717) is 6.54 Å². The maximum atomic E-state index is 10.8. The van der Waals surface area contributed by atoms with E-state index in [0.717, 1.165) is 15.9 Å². The molecule has 0 aliphatic carbocycles. The van der Waals surface area contributed by atoms with Crippen LogP contribution >= 0.6 is 12.6 Å². The van der Waals surface area contributed by atoms with Crippen molar-refractivity contribution in [3.05, 3.63) is 70.3 Å². The molecule has 0 radical (unpaired) electrons. The van der Waals surface area contributed by atoms with Crippen LogP contribution in [-0.2, 0) is 6.54 Å². The minimum atomic E-state index is -0.383. The lowest BCUT2D eigenvalue weighted by molar-refractivity contribution is -0.384. The Kier molecular flexibility index (Phi) is 3.20. The van der Waals surface area contributed by atoms with Gasteiger partial charge in [0.15, 0.2) is 0 Å². The number of nitro groups is 1. The van der Waals surface area contributed by atoms with Crippen molar-refractivity contribution in [2.75, 3.05) is 0 Å². The van der Waals surface area contributed by atoms with Crippen LogP contribution in [-0.4, -0.2) is 9.49 Å². The molecule has 3 aromatic rings. The highest BCUT2D eigenvalue weighted by atomic mass is 32.1. The molecule has 0 saturated heterocycles. The third-order valence-electron chi connectivity index (χ3n) is 3.26. The highest BCUT2D eigenvalue weighted by Gasteiger charge is 2.11. The standard InChI is InChI=1S/C15H12N2O2S/c18-17(19)13-6-7-14-12(8-13)9-15(20)16(14)10-11-4-2-1-3-5-11/h1-9,20H,10H2. The highest BCUT2D eigenvalue weighted by molar-refractivity contribution is 7.80. The summed E-state index contributed by atoms with van der Waals surface area (Å²) in [6, 6.07) is 16.8. The Bertz CT molecular complexity index is 781. The molecule has 0 saturated carbocycles. The summed E-state index contributed by atoms with van der Waals surface area (Å²) in [5.74, 6) is 0. The number of fused-ring (bicyclic) bond motifs is 1. The van der Waals surface area contributed by atoms with E-state index in [2.05, 4.69) is 12.6 Å². The smallest absolute Gasteiger partial charge is 0.270 e. The van der Waals surface area contributed by atoms with Crippen molar-refractivity contribution < 1.29 is 4.92 Å². The lowest BCUT2D eigenvalue weighted by atomic mass is 10.2. The predicted molar refractivity (Wildman–Crippen MR) is 81.4 cm³/mol. The van der Waals surface area contributed by atoms with Crippen molar-refractivity contribution in [3.8, 4) is 0 Å². The van der Waals surface area contributed by atoms with Gasteiger partial charge in [0.2, 0.25) is 0 Å². The Hall–Kier alpha value is -2.27. The van der Waals surface area contributed by atoms with Gasteiger partial charge >= 0.3 is 0 Å². The Balaban J connectivity index is 2.07. The lowest BCUT2D eigenvalue weighted by Gasteiger charge is -2.07. The maximum Gasteiger partial charge on any atom is 0.270 e. The molecule has 0 spiro atoms. The molecule has 0 atom stereocenters. The van der Waals surface area contributed by atoms with E-state index >= 15 is 0 Å². The summed E-state index contributed by atoms with van der Waals surface area (Å²) in [6.45, 7) is 0.695. The summed E-state index contributed by atoms with van der Waals surface area (Å²) in [6.07, 6.45) is 0. The maximum absolute atomic E-state index is 10.8. The molecule has 0 bridgehead atoms. The van der Waals surface area contributed by atoms with Crippen LogP contribution < -0.4 is 0 Å². The second-order valence-electron chi connectivity index (χ2n) is 4.57. The van der Waals surface area contributed by atoms with Crippen molar-refractivity contribution in [2.45, 2.75) is 11.6 Å². The second-order valence-corrected chi connectivity index (χ2v) is 5.03. The zero-order valence-corrected chi connectivity index (χ0v) is 11.5. The van der Waals surface area contributed by atoms with Crippen LogP contribution in [0.15, 0.2) is 59.6 Å². The Labute approximate surface area is 121 Å². The van der Waals surface area contributed by atoms with Crippen molar-refractivity contribution in [1.82, 2.24) is 4.57 Å². The van der Waals surface area contributed by atoms with E-state index in [-0.39, 0.29) is 10.6 Å². The summed E-state index contributed by atoms with van der Waals surface area (Å²) >= 11 is 4.47. The van der Waals surface area contributed by atoms with Gasteiger partial charge < -0.3 is 4.57 Å². The first-order valence-electron chi connectivity index (χ1n) is 6.16. The Morgan fingerprint density at radius 1 is 1.10 bits per heavy atom. The number of hydrogen-bond acceptors (Lipinski definition) is 3. The molecule has 0 aliphatic heterocycles. The van der Waals surface area contributed by atoms with Gasteiger partial charge in [0.1, 0.15) is 0 Å². The van der Waals surface area contributed by atoms with E-state index in [1.807, 2.05) is 41.0 Å². The molecule has 1 aromatic heterocycles. The van der Waals surface area contributed by atoms with Crippen LogP contribution in [0, 0.1) is 10.1 Å². The van der Waals surface area contributed by atoms with Gasteiger partial charge in [-0.1, -0.05) is 30.3 Å². The number of rotatable bonds is 3. The van der Waals surface area contributed by atoms with Gasteiger partial charge in [-0.05, 0) is 17.7 Å². The van der Waals surface area contributed by atoms with E-state index in [1.165, 1.54) is 11.6 Å². The topological polar surface area (TPSA) is 48.1 Å². The van der Waals surface area contributed by atoms with Gasteiger partial charge in [-0.15, -0.1) is 12.6 Å². The van der Waals surface area contributed by atoms with Gasteiger partial charge in [-0.2, -0.15) is 0 Å². The Morgan fingerprint density at radius 2 is 1.85 bits per heavy atom. The fraction of sp³-hybridized carbons (Fsp3) is 0.0667. The minimum absolute atomic E-state index is 0.0997. The van der Waals surface area contributed by atoms with Crippen LogP contribution in [0.5, 0.6) is 0 Å². The summed E-state index contributed by atoms with van der Waals surface area (Å²) in [5, 5.41) is 12.4. The number of nitro benzene ring substituents is 1. The highest BCUT2D eigenvalue weighted by Crippen LogP contribution is 2.27. The predicted octanol–water partition coefficient (Wildman–Crippen LogP) is 3.89. The van der Waals surface area contributed by atoms with Gasteiger partial charge in [-0.3, -0.25) is 10.1 Å². The van der Waals surface area contributed by atoms with Crippen LogP contribution in [0.3, 0.4) is 0 Å². The number of thiol groups is 1. The molecular weight excluding hydrogens is 272 g/mol. The molecule has 100 valence electrons. The molecule has 4 nitrogen and oxygen atoms in total. The van der Waals surface area contributed by atoms with Crippen molar-refractivity contribution in [3.63, 3.8) is 0 Å². The number of nitrogens with zero attached hydrogens (tertiary/aromatic N) is 2. The van der Waals surface area contributed by atoms with Crippen LogP contribution in [0.25, 0.3) is 10.9 Å². The first-order valence-corrected chi connectivity index (χ1v) is 6.60. The van der Waals surface area contributed by atoms with Gasteiger partial charge in [0, 0.05) is 29.6 Å². The zero-order chi connectivity index (χ0) is 14.1. The molecule has 1 heterocycles. The largest absolute Gasteiger partial charge is 0.331 e. The monoisotopic (exact) mass is 284 g/mol. The SMILES string of the molecule is O=[N+]([O-])c1ccc2c(c1)cc(S)n2Cc1ccccc1. The van der Waals surface area contributed by atoms with Crippen molar-refractivity contribution >= 4 is 29.2 Å². The lowest BCUT2D eigenvalue weighted by Crippen LogP contribution is -1.99. The molecule has 20 heavy (non-hydrogen) atoms. The number of hydrogen-bond donors (Lipinski definition) is 1. The fourth-order valence-corrected chi connectivity index (χ4v) is 2.61. The third kappa shape index (κ3) is 2.28. The van der Waals surface area contributed by atoms with Gasteiger partial charge in [0.05, 0.1) is 9.95 Å². The number of aromatic nitrogens is 1. The van der Waals surface area contributed by atoms with E-state index < -0.39 is 0 Å². The first kappa shape index (κ1) is 12.7. The first-order chi connectivity index (χ1) is 9.65. The van der Waals surface area contributed by atoms with Crippen LogP contribution in [0.2, 0.25) is 0 Å². The molecule has 0 N–H and O–H groups in total. The van der Waals surface area contributed by atoms with Gasteiger partial charge in [-0.25, -0.2) is 0 Å². The molecule has 5 heteroatoms. The van der Waals surface area contributed by atoms with Gasteiger partial charge in [0.25, 0.3) is 5.69 Å². The average Bonchev–Trinajstić information content (AvgIpc) is 2.75. The summed E-state index contributed by atoms with van der Waals surface area (Å²) in [4.78, 5) is 10.4. The minimum Gasteiger partial charge on any atom is -0.331 e. The summed E-state index contributed by atoms with van der Waals surface area (Å²) < 4.78 is 2.04.